The van der Waals surface area contributed by atoms with Gasteiger partial charge < -0.3 is 10.1 Å². The highest BCUT2D eigenvalue weighted by atomic mass is 19.1. The van der Waals surface area contributed by atoms with Crippen LogP contribution in [0.3, 0.4) is 0 Å². The predicted molar refractivity (Wildman–Crippen MR) is 111 cm³/mol. The van der Waals surface area contributed by atoms with Gasteiger partial charge in [0, 0.05) is 17.4 Å². The molecular weight excluding hydrogens is 367 g/mol. The number of hydrogen-bond acceptors (Lipinski definition) is 3. The summed E-state index contributed by atoms with van der Waals surface area (Å²) in [5.74, 6) is 0.862. The number of halogens is 1. The molecule has 1 amide bonds. The first kappa shape index (κ1) is 18.4. The molecule has 1 heterocycles. The zero-order chi connectivity index (χ0) is 20.1. The number of hydrogen-bond donors (Lipinski definition) is 1. The van der Waals surface area contributed by atoms with Gasteiger partial charge in [0.1, 0.15) is 17.3 Å². The molecule has 0 spiro atoms. The minimum atomic E-state index is -0.301. The molecule has 0 aliphatic rings. The van der Waals surface area contributed by atoms with E-state index in [2.05, 4.69) is 10.3 Å². The summed E-state index contributed by atoms with van der Waals surface area (Å²) in [5.41, 5.74) is 2.54. The molecule has 0 bridgehead atoms. The van der Waals surface area contributed by atoms with E-state index in [1.165, 1.54) is 18.3 Å². The van der Waals surface area contributed by atoms with Crippen LogP contribution < -0.4 is 10.1 Å². The molecule has 4 aromatic rings. The smallest absolute Gasteiger partial charge is 0.257 e. The molecule has 4 nitrogen and oxygen atoms in total. The Morgan fingerprint density at radius 3 is 2.14 bits per heavy atom. The molecule has 0 radical (unpaired) electrons. The van der Waals surface area contributed by atoms with E-state index in [1.54, 1.807) is 48.5 Å². The van der Waals surface area contributed by atoms with Crippen molar-refractivity contribution in [3.63, 3.8) is 0 Å². The molecule has 0 saturated carbocycles. The van der Waals surface area contributed by atoms with Gasteiger partial charge in [0.25, 0.3) is 5.91 Å². The lowest BCUT2D eigenvalue weighted by Gasteiger charge is -2.08. The van der Waals surface area contributed by atoms with E-state index in [9.17, 15) is 9.18 Å². The summed E-state index contributed by atoms with van der Waals surface area (Å²) < 4.78 is 18.8. The molecule has 0 atom stereocenters. The van der Waals surface area contributed by atoms with Gasteiger partial charge in [0.15, 0.2) is 0 Å². The maximum absolute atomic E-state index is 13.0. The standard InChI is InChI=1S/C24H17FN2O2/c25-19-9-6-17(7-10-19)23-15-8-18(16-26-23)24(28)27-20-11-13-22(14-12-20)29-21-4-2-1-3-5-21/h1-16H,(H,27,28). The first-order valence-corrected chi connectivity index (χ1v) is 9.04. The highest BCUT2D eigenvalue weighted by Gasteiger charge is 2.08. The molecule has 142 valence electrons. The molecule has 4 rings (SSSR count). The van der Waals surface area contributed by atoms with E-state index in [1.807, 2.05) is 30.3 Å². The Morgan fingerprint density at radius 2 is 1.48 bits per heavy atom. The summed E-state index contributed by atoms with van der Waals surface area (Å²) in [7, 11) is 0. The van der Waals surface area contributed by atoms with Crippen LogP contribution in [0.5, 0.6) is 11.5 Å². The number of nitrogens with zero attached hydrogens (tertiary/aromatic N) is 1. The quantitative estimate of drug-likeness (QED) is 0.464. The third-order valence-electron chi connectivity index (χ3n) is 4.26. The zero-order valence-corrected chi connectivity index (χ0v) is 15.4. The number of pyridine rings is 1. The summed E-state index contributed by atoms with van der Waals surface area (Å²) in [6, 6.07) is 26.1. The van der Waals surface area contributed by atoms with E-state index >= 15 is 0 Å². The van der Waals surface area contributed by atoms with Gasteiger partial charge in [0.2, 0.25) is 0 Å². The normalized spacial score (nSPS) is 10.4. The van der Waals surface area contributed by atoms with Crippen LogP contribution in [0.25, 0.3) is 11.3 Å². The molecule has 29 heavy (non-hydrogen) atoms. The van der Waals surface area contributed by atoms with Crippen molar-refractivity contribution in [1.29, 1.82) is 0 Å². The van der Waals surface area contributed by atoms with Crippen LogP contribution in [0.15, 0.2) is 97.2 Å². The van der Waals surface area contributed by atoms with E-state index in [0.717, 1.165) is 11.3 Å². The Kier molecular flexibility index (Phi) is 5.29. The number of para-hydroxylation sites is 1. The van der Waals surface area contributed by atoms with Crippen molar-refractivity contribution in [2.45, 2.75) is 0 Å². The Bertz CT molecular complexity index is 1090. The average molecular weight is 384 g/mol. The number of amides is 1. The Labute approximate surface area is 167 Å². The van der Waals surface area contributed by atoms with Crippen molar-refractivity contribution in [3.8, 4) is 22.8 Å². The van der Waals surface area contributed by atoms with Gasteiger partial charge in [-0.15, -0.1) is 0 Å². The van der Waals surface area contributed by atoms with Crippen LogP contribution in [0.1, 0.15) is 10.4 Å². The predicted octanol–water partition coefficient (Wildman–Crippen LogP) is 5.93. The SMILES string of the molecule is O=C(Nc1ccc(Oc2ccccc2)cc1)c1ccc(-c2ccc(F)cc2)nc1. The molecule has 0 aliphatic heterocycles. The summed E-state index contributed by atoms with van der Waals surface area (Å²) in [4.78, 5) is 16.7. The fourth-order valence-corrected chi connectivity index (χ4v) is 2.75. The van der Waals surface area contributed by atoms with Crippen LogP contribution in [0.2, 0.25) is 0 Å². The van der Waals surface area contributed by atoms with Crippen molar-refractivity contribution in [2.24, 2.45) is 0 Å². The number of benzene rings is 3. The highest BCUT2D eigenvalue weighted by molar-refractivity contribution is 6.04. The summed E-state index contributed by atoms with van der Waals surface area (Å²) in [6.07, 6.45) is 1.50. The topological polar surface area (TPSA) is 51.2 Å². The van der Waals surface area contributed by atoms with Crippen LogP contribution in [-0.2, 0) is 0 Å². The minimum Gasteiger partial charge on any atom is -0.457 e. The Morgan fingerprint density at radius 1 is 0.793 bits per heavy atom. The first-order chi connectivity index (χ1) is 14.2. The van der Waals surface area contributed by atoms with Crippen molar-refractivity contribution in [2.75, 3.05) is 5.32 Å². The van der Waals surface area contributed by atoms with Crippen molar-refractivity contribution < 1.29 is 13.9 Å². The third-order valence-corrected chi connectivity index (χ3v) is 4.26. The number of rotatable bonds is 5. The second kappa shape index (κ2) is 8.35. The van der Waals surface area contributed by atoms with Crippen molar-refractivity contribution >= 4 is 11.6 Å². The lowest BCUT2D eigenvalue weighted by Crippen LogP contribution is -2.12. The average Bonchev–Trinajstić information content (AvgIpc) is 2.76. The van der Waals surface area contributed by atoms with E-state index in [0.29, 0.717) is 22.7 Å². The van der Waals surface area contributed by atoms with Crippen LogP contribution >= 0.6 is 0 Å². The van der Waals surface area contributed by atoms with Gasteiger partial charge in [-0.1, -0.05) is 18.2 Å². The van der Waals surface area contributed by atoms with Crippen LogP contribution in [0, 0.1) is 5.82 Å². The highest BCUT2D eigenvalue weighted by Crippen LogP contribution is 2.23. The molecule has 0 unspecified atom stereocenters. The van der Waals surface area contributed by atoms with Crippen LogP contribution in [0.4, 0.5) is 10.1 Å². The Hall–Kier alpha value is -3.99. The molecule has 0 aliphatic carbocycles. The molecule has 0 saturated heterocycles. The van der Waals surface area contributed by atoms with Gasteiger partial charge in [-0.3, -0.25) is 9.78 Å². The van der Waals surface area contributed by atoms with Gasteiger partial charge in [-0.2, -0.15) is 0 Å². The lowest BCUT2D eigenvalue weighted by atomic mass is 10.1. The molecule has 1 aromatic heterocycles. The van der Waals surface area contributed by atoms with Crippen LogP contribution in [-0.4, -0.2) is 10.9 Å². The molecule has 1 N–H and O–H groups in total. The number of carbonyl (C=O) groups is 1. The minimum absolute atomic E-state index is 0.264. The number of carbonyl (C=O) groups excluding carboxylic acids is 1. The molecule has 3 aromatic carbocycles. The van der Waals surface area contributed by atoms with Crippen molar-refractivity contribution in [3.05, 3.63) is 109 Å². The van der Waals surface area contributed by atoms with E-state index in [-0.39, 0.29) is 11.7 Å². The first-order valence-electron chi connectivity index (χ1n) is 9.04. The van der Waals surface area contributed by atoms with Gasteiger partial charge >= 0.3 is 0 Å². The number of aromatic nitrogens is 1. The monoisotopic (exact) mass is 384 g/mol. The number of ether oxygens (including phenoxy) is 1. The van der Waals surface area contributed by atoms with Crippen molar-refractivity contribution in [1.82, 2.24) is 4.98 Å². The maximum atomic E-state index is 13.0. The summed E-state index contributed by atoms with van der Waals surface area (Å²) >= 11 is 0. The molecule has 5 heteroatoms. The zero-order valence-electron chi connectivity index (χ0n) is 15.4. The third kappa shape index (κ3) is 4.65. The largest absolute Gasteiger partial charge is 0.457 e. The van der Waals surface area contributed by atoms with E-state index in [4.69, 9.17) is 4.74 Å². The van der Waals surface area contributed by atoms with Gasteiger partial charge in [-0.05, 0) is 72.8 Å². The summed E-state index contributed by atoms with van der Waals surface area (Å²) in [6.45, 7) is 0. The summed E-state index contributed by atoms with van der Waals surface area (Å²) in [5, 5.41) is 2.83. The Balaban J connectivity index is 1.40. The fourth-order valence-electron chi connectivity index (χ4n) is 2.75. The fraction of sp³-hybridized carbons (Fsp3) is 0. The maximum Gasteiger partial charge on any atom is 0.257 e. The molecule has 0 fully saturated rings. The van der Waals surface area contributed by atoms with Gasteiger partial charge in [0.05, 0.1) is 11.3 Å². The number of nitrogens with one attached hydrogen (secondary N) is 1. The van der Waals surface area contributed by atoms with Gasteiger partial charge in [-0.25, -0.2) is 4.39 Å². The lowest BCUT2D eigenvalue weighted by molar-refractivity contribution is 0.102. The van der Waals surface area contributed by atoms with E-state index < -0.39 is 0 Å². The number of anilines is 1. The molecular formula is C24H17FN2O2. The second-order valence-corrected chi connectivity index (χ2v) is 6.33. The second-order valence-electron chi connectivity index (χ2n) is 6.33.